The van der Waals surface area contributed by atoms with Gasteiger partial charge in [0.05, 0.1) is 6.61 Å². The smallest absolute Gasteiger partial charge is 0.0639 e. The van der Waals surface area contributed by atoms with Crippen molar-refractivity contribution in [3.63, 3.8) is 0 Å². The van der Waals surface area contributed by atoms with Crippen molar-refractivity contribution >= 4 is 0 Å². The quantitative estimate of drug-likeness (QED) is 0.720. The van der Waals surface area contributed by atoms with Crippen molar-refractivity contribution in [3.8, 4) is 0 Å². The van der Waals surface area contributed by atoms with Crippen LogP contribution in [0, 0.1) is 28.6 Å². The van der Waals surface area contributed by atoms with Crippen molar-refractivity contribution in [3.05, 3.63) is 12.2 Å². The summed E-state index contributed by atoms with van der Waals surface area (Å²) in [5.41, 5.74) is 2.06. The molecule has 2 fully saturated rings. The van der Waals surface area contributed by atoms with Gasteiger partial charge in [-0.2, -0.15) is 0 Å². The van der Waals surface area contributed by atoms with Crippen molar-refractivity contribution in [1.82, 2.24) is 0 Å². The van der Waals surface area contributed by atoms with Crippen LogP contribution < -0.4 is 0 Å². The molecule has 0 heterocycles. The molecule has 0 amide bonds. The molecule has 0 radical (unpaired) electrons. The molecule has 1 heteroatoms. The van der Waals surface area contributed by atoms with E-state index in [0.717, 1.165) is 23.8 Å². The first-order valence-corrected chi connectivity index (χ1v) is 6.60. The third kappa shape index (κ3) is 1.55. The fourth-order valence-electron chi connectivity index (χ4n) is 4.22. The van der Waals surface area contributed by atoms with Crippen LogP contribution in [0.3, 0.4) is 0 Å². The fourth-order valence-corrected chi connectivity index (χ4v) is 4.22. The lowest BCUT2D eigenvalue weighted by Gasteiger charge is -2.39. The summed E-state index contributed by atoms with van der Waals surface area (Å²) in [6, 6.07) is 0. The van der Waals surface area contributed by atoms with Crippen LogP contribution in [0.2, 0.25) is 0 Å². The first-order valence-electron chi connectivity index (χ1n) is 6.60. The average molecular weight is 222 g/mol. The summed E-state index contributed by atoms with van der Waals surface area (Å²) in [6.45, 7) is 13.8. The number of hydrogen-bond donors (Lipinski definition) is 1. The molecule has 0 bridgehead atoms. The van der Waals surface area contributed by atoms with E-state index in [1.807, 2.05) is 0 Å². The minimum atomic E-state index is 0.151. The van der Waals surface area contributed by atoms with Gasteiger partial charge in [-0.3, -0.25) is 0 Å². The normalized spacial score (nSPS) is 41.6. The molecule has 3 unspecified atom stereocenters. The minimum absolute atomic E-state index is 0.151. The second kappa shape index (κ2) is 3.60. The van der Waals surface area contributed by atoms with E-state index in [1.54, 1.807) is 0 Å². The average Bonchev–Trinajstić information content (AvgIpc) is 2.82. The van der Waals surface area contributed by atoms with E-state index in [9.17, 15) is 0 Å². The summed E-state index contributed by atoms with van der Waals surface area (Å²) in [5.74, 6) is 2.44. The molecule has 0 saturated heterocycles. The Hall–Kier alpha value is -0.300. The summed E-state index contributed by atoms with van der Waals surface area (Å²) >= 11 is 0. The molecular formula is C15H26O. The lowest BCUT2D eigenvalue weighted by molar-refractivity contribution is 0.103. The van der Waals surface area contributed by atoms with Crippen molar-refractivity contribution in [2.75, 3.05) is 6.61 Å². The molecule has 0 aromatic heterocycles. The topological polar surface area (TPSA) is 20.2 Å². The predicted octanol–water partition coefficient (Wildman–Crippen LogP) is 3.63. The highest BCUT2D eigenvalue weighted by Crippen LogP contribution is 2.75. The van der Waals surface area contributed by atoms with Crippen LogP contribution >= 0.6 is 0 Å². The van der Waals surface area contributed by atoms with Crippen LogP contribution in [-0.2, 0) is 0 Å². The Morgan fingerprint density at radius 3 is 2.50 bits per heavy atom. The molecule has 2 aliphatic rings. The van der Waals surface area contributed by atoms with Gasteiger partial charge in [-0.05, 0) is 47.8 Å². The number of aliphatic hydroxyl groups excluding tert-OH is 1. The molecule has 2 rings (SSSR count). The monoisotopic (exact) mass is 222 g/mol. The van der Waals surface area contributed by atoms with Gasteiger partial charge >= 0.3 is 0 Å². The van der Waals surface area contributed by atoms with Gasteiger partial charge in [-0.25, -0.2) is 0 Å². The van der Waals surface area contributed by atoms with Crippen LogP contribution in [0.5, 0.6) is 0 Å². The molecule has 1 N–H and O–H groups in total. The molecule has 0 spiro atoms. The number of fused-ring (bicyclic) bond motifs is 1. The standard InChI is InChI=1S/C15H26O/c1-10(9-16)6-11(2)13-7-12-8-15(12,5)14(13,3)4/h11-13,16H,1,6-9H2,2-5H3/t11?,12?,13?,15-/m0/s1. The van der Waals surface area contributed by atoms with Gasteiger partial charge in [0.1, 0.15) is 0 Å². The van der Waals surface area contributed by atoms with E-state index >= 15 is 0 Å². The Morgan fingerprint density at radius 2 is 2.06 bits per heavy atom. The van der Waals surface area contributed by atoms with Gasteiger partial charge < -0.3 is 5.11 Å². The summed E-state index contributed by atoms with van der Waals surface area (Å²) < 4.78 is 0. The van der Waals surface area contributed by atoms with Gasteiger partial charge in [0.2, 0.25) is 0 Å². The fraction of sp³-hybridized carbons (Fsp3) is 0.867. The highest BCUT2D eigenvalue weighted by molar-refractivity contribution is 5.17. The van der Waals surface area contributed by atoms with Crippen molar-refractivity contribution in [2.45, 2.75) is 47.0 Å². The Kier molecular flexibility index (Phi) is 2.73. The molecule has 4 atom stereocenters. The molecule has 16 heavy (non-hydrogen) atoms. The van der Waals surface area contributed by atoms with Crippen molar-refractivity contribution in [1.29, 1.82) is 0 Å². The molecule has 0 aromatic carbocycles. The zero-order chi connectivity index (χ0) is 12.1. The van der Waals surface area contributed by atoms with E-state index in [2.05, 4.69) is 34.3 Å². The van der Waals surface area contributed by atoms with Gasteiger partial charge in [-0.1, -0.05) is 39.8 Å². The lowest BCUT2D eigenvalue weighted by Crippen LogP contribution is -2.32. The largest absolute Gasteiger partial charge is 0.392 e. The second-order valence-corrected chi connectivity index (χ2v) is 6.97. The van der Waals surface area contributed by atoms with Crippen LogP contribution in [-0.4, -0.2) is 11.7 Å². The Balaban J connectivity index is 2.04. The zero-order valence-electron chi connectivity index (χ0n) is 11.2. The van der Waals surface area contributed by atoms with Crippen LogP contribution in [0.1, 0.15) is 47.0 Å². The van der Waals surface area contributed by atoms with Crippen LogP contribution in [0.15, 0.2) is 12.2 Å². The molecule has 92 valence electrons. The molecule has 2 aliphatic carbocycles. The minimum Gasteiger partial charge on any atom is -0.392 e. The zero-order valence-corrected chi connectivity index (χ0v) is 11.2. The van der Waals surface area contributed by atoms with Crippen molar-refractivity contribution < 1.29 is 5.11 Å². The predicted molar refractivity (Wildman–Crippen MR) is 68.1 cm³/mol. The molecule has 2 saturated carbocycles. The van der Waals surface area contributed by atoms with E-state index in [0.29, 0.717) is 16.7 Å². The van der Waals surface area contributed by atoms with Gasteiger partial charge in [-0.15, -0.1) is 0 Å². The third-order valence-corrected chi connectivity index (χ3v) is 5.87. The maximum Gasteiger partial charge on any atom is 0.0639 e. The highest BCUT2D eigenvalue weighted by Gasteiger charge is 2.67. The first kappa shape index (κ1) is 12.2. The van der Waals surface area contributed by atoms with E-state index in [-0.39, 0.29) is 6.61 Å². The second-order valence-electron chi connectivity index (χ2n) is 6.97. The van der Waals surface area contributed by atoms with Crippen LogP contribution in [0.25, 0.3) is 0 Å². The molecule has 0 aromatic rings. The molecule has 1 nitrogen and oxygen atoms in total. The van der Waals surface area contributed by atoms with Gasteiger partial charge in [0.25, 0.3) is 0 Å². The number of hydrogen-bond acceptors (Lipinski definition) is 1. The van der Waals surface area contributed by atoms with E-state index in [1.165, 1.54) is 12.8 Å². The first-order chi connectivity index (χ1) is 7.33. The van der Waals surface area contributed by atoms with E-state index < -0.39 is 0 Å². The number of rotatable bonds is 4. The summed E-state index contributed by atoms with van der Waals surface area (Å²) in [7, 11) is 0. The summed E-state index contributed by atoms with van der Waals surface area (Å²) in [6.07, 6.45) is 3.82. The van der Waals surface area contributed by atoms with Crippen molar-refractivity contribution in [2.24, 2.45) is 28.6 Å². The molecule has 0 aliphatic heterocycles. The Bertz CT molecular complexity index is 305. The van der Waals surface area contributed by atoms with E-state index in [4.69, 9.17) is 5.11 Å². The summed E-state index contributed by atoms with van der Waals surface area (Å²) in [4.78, 5) is 0. The maximum atomic E-state index is 9.07. The SMILES string of the molecule is C=C(CO)CC(C)C1CC2C[C@]2(C)C1(C)C. The Morgan fingerprint density at radius 1 is 1.44 bits per heavy atom. The maximum absolute atomic E-state index is 9.07. The lowest BCUT2D eigenvalue weighted by atomic mass is 9.66. The Labute approximate surface area is 99.9 Å². The van der Waals surface area contributed by atoms with Gasteiger partial charge in [0, 0.05) is 0 Å². The summed E-state index contributed by atoms with van der Waals surface area (Å²) in [5, 5.41) is 9.07. The molecular weight excluding hydrogens is 196 g/mol. The highest BCUT2D eigenvalue weighted by atomic mass is 16.3. The third-order valence-electron chi connectivity index (χ3n) is 5.87. The van der Waals surface area contributed by atoms with Gasteiger partial charge in [0.15, 0.2) is 0 Å². The van der Waals surface area contributed by atoms with Crippen LogP contribution in [0.4, 0.5) is 0 Å². The number of aliphatic hydroxyl groups is 1.